The molecule has 0 saturated heterocycles. The van der Waals surface area contributed by atoms with Crippen LogP contribution in [0, 0.1) is 19.7 Å². The van der Waals surface area contributed by atoms with Gasteiger partial charge in [-0.05, 0) is 49.2 Å². The Morgan fingerprint density at radius 2 is 1.80 bits per heavy atom. The fourth-order valence-corrected chi connectivity index (χ4v) is 2.99. The predicted molar refractivity (Wildman–Crippen MR) is 78.1 cm³/mol. The molecule has 3 nitrogen and oxygen atoms in total. The lowest BCUT2D eigenvalue weighted by atomic mass is 10.1. The molecular weight excluding hydrogens is 301 g/mol. The third kappa shape index (κ3) is 2.94. The molecule has 2 aromatic rings. The Morgan fingerprint density at radius 1 is 1.10 bits per heavy atom. The van der Waals surface area contributed by atoms with Gasteiger partial charge in [-0.1, -0.05) is 23.7 Å². The number of benzene rings is 2. The van der Waals surface area contributed by atoms with E-state index in [1.54, 1.807) is 12.1 Å². The van der Waals surface area contributed by atoms with E-state index in [1.165, 1.54) is 24.3 Å². The van der Waals surface area contributed by atoms with Gasteiger partial charge in [-0.25, -0.2) is 12.8 Å². The first-order valence-electron chi connectivity index (χ1n) is 5.85. The average Bonchev–Trinajstić information content (AvgIpc) is 2.38. The summed E-state index contributed by atoms with van der Waals surface area (Å²) in [5.41, 5.74) is 1.66. The van der Waals surface area contributed by atoms with Crippen molar-refractivity contribution < 1.29 is 12.8 Å². The highest BCUT2D eigenvalue weighted by molar-refractivity contribution is 7.92. The highest BCUT2D eigenvalue weighted by Crippen LogP contribution is 2.25. The molecule has 1 N–H and O–H groups in total. The number of rotatable bonds is 3. The maximum absolute atomic E-state index is 13.7. The summed E-state index contributed by atoms with van der Waals surface area (Å²) in [6.45, 7) is 3.70. The quantitative estimate of drug-likeness (QED) is 0.934. The molecule has 20 heavy (non-hydrogen) atoms. The van der Waals surface area contributed by atoms with Gasteiger partial charge in [-0.15, -0.1) is 0 Å². The smallest absolute Gasteiger partial charge is 0.261 e. The van der Waals surface area contributed by atoms with E-state index in [0.29, 0.717) is 0 Å². The van der Waals surface area contributed by atoms with Crippen molar-refractivity contribution in [1.82, 2.24) is 0 Å². The predicted octanol–water partition coefficient (Wildman–Crippen LogP) is 3.90. The van der Waals surface area contributed by atoms with Crippen LogP contribution in [-0.4, -0.2) is 8.42 Å². The molecule has 0 bridgehead atoms. The van der Waals surface area contributed by atoms with Gasteiger partial charge in [0.2, 0.25) is 0 Å². The molecule has 2 aromatic carbocycles. The van der Waals surface area contributed by atoms with Crippen molar-refractivity contribution >= 4 is 27.3 Å². The second kappa shape index (κ2) is 5.42. The Balaban J connectivity index is 2.41. The molecule has 106 valence electrons. The van der Waals surface area contributed by atoms with E-state index in [1.807, 2.05) is 13.8 Å². The lowest BCUT2D eigenvalue weighted by molar-refractivity contribution is 0.598. The van der Waals surface area contributed by atoms with Gasteiger partial charge in [0.1, 0.15) is 0 Å². The Bertz CT molecular complexity index is 760. The molecule has 6 heteroatoms. The molecule has 0 saturated carbocycles. The van der Waals surface area contributed by atoms with Gasteiger partial charge >= 0.3 is 0 Å². The zero-order valence-corrected chi connectivity index (χ0v) is 12.5. The topological polar surface area (TPSA) is 46.2 Å². The van der Waals surface area contributed by atoms with Crippen molar-refractivity contribution in [3.05, 3.63) is 58.4 Å². The molecule has 0 fully saturated rings. The van der Waals surface area contributed by atoms with E-state index >= 15 is 0 Å². The molecule has 0 aromatic heterocycles. The van der Waals surface area contributed by atoms with Crippen LogP contribution in [0.1, 0.15) is 11.1 Å². The maximum atomic E-state index is 13.7. The molecule has 0 aliphatic carbocycles. The number of anilines is 1. The second-order valence-electron chi connectivity index (χ2n) is 4.45. The Labute approximate surface area is 122 Å². The largest absolute Gasteiger partial charge is 0.277 e. The molecule has 0 aliphatic rings. The van der Waals surface area contributed by atoms with Crippen LogP contribution in [0.15, 0.2) is 41.3 Å². The number of aryl methyl sites for hydroxylation is 2. The fourth-order valence-electron chi connectivity index (χ4n) is 1.67. The van der Waals surface area contributed by atoms with Crippen LogP contribution < -0.4 is 4.72 Å². The van der Waals surface area contributed by atoms with Crippen LogP contribution in [0.2, 0.25) is 5.02 Å². The summed E-state index contributed by atoms with van der Waals surface area (Å²) in [6.07, 6.45) is 0. The Morgan fingerprint density at radius 3 is 2.45 bits per heavy atom. The van der Waals surface area contributed by atoms with Crippen LogP contribution in [0.4, 0.5) is 10.1 Å². The van der Waals surface area contributed by atoms with Crippen molar-refractivity contribution in [1.29, 1.82) is 0 Å². The summed E-state index contributed by atoms with van der Waals surface area (Å²) >= 11 is 5.62. The highest BCUT2D eigenvalue weighted by atomic mass is 35.5. The van der Waals surface area contributed by atoms with Gasteiger partial charge in [0.05, 0.1) is 15.6 Å². The van der Waals surface area contributed by atoms with E-state index in [4.69, 9.17) is 11.6 Å². The Kier molecular flexibility index (Phi) is 4.01. The normalized spacial score (nSPS) is 11.4. The van der Waals surface area contributed by atoms with Gasteiger partial charge in [0.15, 0.2) is 5.82 Å². The maximum Gasteiger partial charge on any atom is 0.261 e. The average molecular weight is 314 g/mol. The summed E-state index contributed by atoms with van der Waals surface area (Å²) in [6, 6.07) is 8.87. The van der Waals surface area contributed by atoms with E-state index in [2.05, 4.69) is 4.72 Å². The fraction of sp³-hybridized carbons (Fsp3) is 0.143. The highest BCUT2D eigenvalue weighted by Gasteiger charge is 2.17. The number of halogens is 2. The van der Waals surface area contributed by atoms with Crippen LogP contribution in [-0.2, 0) is 10.0 Å². The van der Waals surface area contributed by atoms with E-state index in [9.17, 15) is 12.8 Å². The summed E-state index contributed by atoms with van der Waals surface area (Å²) in [4.78, 5) is 0.0833. The van der Waals surface area contributed by atoms with Crippen molar-refractivity contribution in [2.75, 3.05) is 4.72 Å². The van der Waals surface area contributed by atoms with Crippen molar-refractivity contribution in [2.24, 2.45) is 0 Å². The van der Waals surface area contributed by atoms with Gasteiger partial charge in [0, 0.05) is 0 Å². The van der Waals surface area contributed by atoms with E-state index < -0.39 is 15.8 Å². The monoisotopic (exact) mass is 313 g/mol. The Hall–Kier alpha value is -1.59. The second-order valence-corrected chi connectivity index (χ2v) is 6.54. The van der Waals surface area contributed by atoms with E-state index in [0.717, 1.165) is 11.1 Å². The summed E-state index contributed by atoms with van der Waals surface area (Å²) in [7, 11) is -3.84. The first-order valence-corrected chi connectivity index (χ1v) is 7.71. The molecule has 0 unspecified atom stereocenters. The zero-order chi connectivity index (χ0) is 14.9. The van der Waals surface area contributed by atoms with Gasteiger partial charge in [-0.2, -0.15) is 0 Å². The first-order chi connectivity index (χ1) is 9.31. The lowest BCUT2D eigenvalue weighted by Crippen LogP contribution is -2.14. The summed E-state index contributed by atoms with van der Waals surface area (Å²) in [5, 5.41) is -0.134. The minimum absolute atomic E-state index is 0.0833. The van der Waals surface area contributed by atoms with Gasteiger partial charge < -0.3 is 0 Å². The molecule has 0 atom stereocenters. The minimum atomic E-state index is -3.84. The van der Waals surface area contributed by atoms with Crippen LogP contribution in [0.3, 0.4) is 0 Å². The van der Waals surface area contributed by atoms with Crippen LogP contribution in [0.5, 0.6) is 0 Å². The third-order valence-electron chi connectivity index (χ3n) is 2.98. The SMILES string of the molecule is Cc1ccc(S(=O)(=O)Nc2cccc(Cl)c2F)cc1C. The summed E-state index contributed by atoms with van der Waals surface area (Å²) < 4.78 is 40.4. The van der Waals surface area contributed by atoms with E-state index in [-0.39, 0.29) is 15.6 Å². The standard InChI is InChI=1S/C14H13ClFNO2S/c1-9-6-7-11(8-10(9)2)20(18,19)17-13-5-3-4-12(15)14(13)16/h3-8,17H,1-2H3. The minimum Gasteiger partial charge on any atom is -0.277 e. The first kappa shape index (κ1) is 14.8. The van der Waals surface area contributed by atoms with Crippen molar-refractivity contribution in [2.45, 2.75) is 18.7 Å². The van der Waals surface area contributed by atoms with Crippen molar-refractivity contribution in [3.8, 4) is 0 Å². The zero-order valence-electron chi connectivity index (χ0n) is 10.9. The molecule has 0 heterocycles. The molecule has 0 amide bonds. The molecule has 0 aliphatic heterocycles. The number of hydrogen-bond donors (Lipinski definition) is 1. The van der Waals surface area contributed by atoms with Crippen LogP contribution >= 0.6 is 11.6 Å². The molecule has 0 radical (unpaired) electrons. The lowest BCUT2D eigenvalue weighted by Gasteiger charge is -2.10. The number of nitrogens with one attached hydrogen (secondary N) is 1. The molecule has 2 rings (SSSR count). The number of hydrogen-bond acceptors (Lipinski definition) is 2. The number of sulfonamides is 1. The molecular formula is C14H13ClFNO2S. The summed E-state index contributed by atoms with van der Waals surface area (Å²) in [5.74, 6) is -0.790. The van der Waals surface area contributed by atoms with Crippen LogP contribution in [0.25, 0.3) is 0 Å². The third-order valence-corrected chi connectivity index (χ3v) is 4.64. The van der Waals surface area contributed by atoms with Crippen molar-refractivity contribution in [3.63, 3.8) is 0 Å². The van der Waals surface area contributed by atoms with Gasteiger partial charge in [0.25, 0.3) is 10.0 Å². The molecule has 0 spiro atoms. The van der Waals surface area contributed by atoms with Gasteiger partial charge in [-0.3, -0.25) is 4.72 Å².